The highest BCUT2D eigenvalue weighted by Crippen LogP contribution is 2.27. The molecular weight excluding hydrogens is 290 g/mol. The molecule has 1 aromatic carbocycles. The monoisotopic (exact) mass is 311 g/mol. The third-order valence-electron chi connectivity index (χ3n) is 2.89. The molecule has 2 unspecified atom stereocenters. The number of alkyl halides is 1. The number of nitrogens with one attached hydrogen (secondary N) is 1. The number of hydrogen-bond donors (Lipinski definition) is 1. The molecule has 2 nitrogen and oxygen atoms in total. The maximum absolute atomic E-state index is 12.1. The molecule has 0 aromatic heterocycles. The first-order chi connectivity index (χ1) is 8.21. The summed E-state index contributed by atoms with van der Waals surface area (Å²) in [6.45, 7) is 10.2. The Hall–Kier alpha value is -0.830. The van der Waals surface area contributed by atoms with E-state index in [2.05, 4.69) is 40.3 Å². The Morgan fingerprint density at radius 1 is 1.33 bits per heavy atom. The van der Waals surface area contributed by atoms with Gasteiger partial charge in [0.1, 0.15) is 0 Å². The highest BCUT2D eigenvalue weighted by molar-refractivity contribution is 9.10. The lowest BCUT2D eigenvalue weighted by Crippen LogP contribution is -2.39. The van der Waals surface area contributed by atoms with Crippen molar-refractivity contribution >= 4 is 21.8 Å². The van der Waals surface area contributed by atoms with Gasteiger partial charge in [-0.15, -0.1) is 0 Å². The Morgan fingerprint density at radius 3 is 2.44 bits per heavy atom. The average molecular weight is 312 g/mol. The summed E-state index contributed by atoms with van der Waals surface area (Å²) in [6, 6.07) is 8.24. The second-order valence-corrected chi connectivity index (χ2v) is 6.79. The van der Waals surface area contributed by atoms with E-state index < -0.39 is 0 Å². The molecule has 0 spiro atoms. The van der Waals surface area contributed by atoms with E-state index in [-0.39, 0.29) is 22.2 Å². The van der Waals surface area contributed by atoms with Crippen LogP contribution < -0.4 is 5.32 Å². The zero-order chi connectivity index (χ0) is 13.9. The van der Waals surface area contributed by atoms with Crippen LogP contribution in [0.4, 0.5) is 0 Å². The average Bonchev–Trinajstić information content (AvgIpc) is 2.26. The molecule has 0 bridgehead atoms. The maximum Gasteiger partial charge on any atom is 0.234 e. The van der Waals surface area contributed by atoms with Crippen LogP contribution in [0.2, 0.25) is 0 Å². The molecule has 0 aliphatic rings. The minimum absolute atomic E-state index is 0.0276. The fourth-order valence-electron chi connectivity index (χ4n) is 1.70. The molecule has 0 aliphatic carbocycles. The van der Waals surface area contributed by atoms with Crippen LogP contribution in [0.1, 0.15) is 44.9 Å². The molecule has 0 aliphatic heterocycles. The second kappa shape index (κ2) is 5.87. The van der Waals surface area contributed by atoms with E-state index >= 15 is 0 Å². The molecule has 1 N–H and O–H groups in total. The summed E-state index contributed by atoms with van der Waals surface area (Å²) in [5, 5.41) is 3.04. The zero-order valence-electron chi connectivity index (χ0n) is 11.8. The summed E-state index contributed by atoms with van der Waals surface area (Å²) in [6.07, 6.45) is 0. The van der Waals surface area contributed by atoms with Gasteiger partial charge in [0.05, 0.1) is 10.9 Å². The van der Waals surface area contributed by atoms with E-state index in [0.29, 0.717) is 0 Å². The van der Waals surface area contributed by atoms with Crippen molar-refractivity contribution in [1.82, 2.24) is 5.32 Å². The molecule has 100 valence electrons. The zero-order valence-corrected chi connectivity index (χ0v) is 13.3. The van der Waals surface area contributed by atoms with Crippen molar-refractivity contribution in [3.8, 4) is 0 Å². The predicted octanol–water partition coefficient (Wildman–Crippen LogP) is 3.98. The number of carbonyl (C=O) groups is 1. The summed E-state index contributed by atoms with van der Waals surface area (Å²) >= 11 is 3.47. The Balaban J connectivity index is 2.71. The molecule has 3 heteroatoms. The van der Waals surface area contributed by atoms with E-state index in [1.54, 1.807) is 0 Å². The highest BCUT2D eigenvalue weighted by Gasteiger charge is 2.29. The standard InChI is InChI=1S/C15H22BrNO/c1-10-7-6-8-12(9-10)11(2)17-14(18)13(16)15(3,4)5/h6-9,11,13H,1-5H3,(H,17,18). The fourth-order valence-corrected chi connectivity index (χ4v) is 1.83. The van der Waals surface area contributed by atoms with Crippen LogP contribution in [-0.4, -0.2) is 10.7 Å². The molecule has 0 fully saturated rings. The molecule has 0 saturated carbocycles. The first-order valence-electron chi connectivity index (χ1n) is 6.23. The lowest BCUT2D eigenvalue weighted by molar-refractivity contribution is -0.122. The summed E-state index contributed by atoms with van der Waals surface area (Å²) in [4.78, 5) is 11.9. The lowest BCUT2D eigenvalue weighted by Gasteiger charge is -2.26. The van der Waals surface area contributed by atoms with Crippen molar-refractivity contribution in [1.29, 1.82) is 0 Å². The topological polar surface area (TPSA) is 29.1 Å². The lowest BCUT2D eigenvalue weighted by atomic mass is 9.91. The van der Waals surface area contributed by atoms with Gasteiger partial charge in [-0.1, -0.05) is 66.5 Å². The highest BCUT2D eigenvalue weighted by atomic mass is 79.9. The van der Waals surface area contributed by atoms with Crippen LogP contribution in [0, 0.1) is 12.3 Å². The van der Waals surface area contributed by atoms with Crippen LogP contribution in [0.5, 0.6) is 0 Å². The van der Waals surface area contributed by atoms with Crippen molar-refractivity contribution in [2.24, 2.45) is 5.41 Å². The van der Waals surface area contributed by atoms with Crippen LogP contribution in [-0.2, 0) is 4.79 Å². The Bertz CT molecular complexity index is 423. The van der Waals surface area contributed by atoms with E-state index in [1.165, 1.54) is 5.56 Å². The van der Waals surface area contributed by atoms with Gasteiger partial charge in [0.15, 0.2) is 0 Å². The van der Waals surface area contributed by atoms with Gasteiger partial charge < -0.3 is 5.32 Å². The molecule has 1 amide bonds. The molecular formula is C15H22BrNO. The summed E-state index contributed by atoms with van der Waals surface area (Å²) < 4.78 is 0. The van der Waals surface area contributed by atoms with Gasteiger partial charge >= 0.3 is 0 Å². The molecule has 0 saturated heterocycles. The first-order valence-corrected chi connectivity index (χ1v) is 7.14. The predicted molar refractivity (Wildman–Crippen MR) is 79.9 cm³/mol. The first kappa shape index (κ1) is 15.2. The van der Waals surface area contributed by atoms with Crippen molar-refractivity contribution < 1.29 is 4.79 Å². The molecule has 0 heterocycles. The van der Waals surface area contributed by atoms with E-state index in [9.17, 15) is 4.79 Å². The van der Waals surface area contributed by atoms with Crippen LogP contribution in [0.3, 0.4) is 0 Å². The fraction of sp³-hybridized carbons (Fsp3) is 0.533. The number of rotatable bonds is 3. The molecule has 1 rings (SSSR count). The number of halogens is 1. The molecule has 18 heavy (non-hydrogen) atoms. The van der Waals surface area contributed by atoms with Gasteiger partial charge in [0.2, 0.25) is 5.91 Å². The maximum atomic E-state index is 12.1. The van der Waals surface area contributed by atoms with Gasteiger partial charge in [-0.3, -0.25) is 4.79 Å². The van der Waals surface area contributed by atoms with Gasteiger partial charge in [-0.25, -0.2) is 0 Å². The van der Waals surface area contributed by atoms with Crippen LogP contribution in [0.15, 0.2) is 24.3 Å². The van der Waals surface area contributed by atoms with Crippen molar-refractivity contribution in [2.75, 3.05) is 0 Å². The Kier molecular flexibility index (Phi) is 4.97. The van der Waals surface area contributed by atoms with Gasteiger partial charge in [-0.05, 0) is 24.8 Å². The molecule has 2 atom stereocenters. The number of carbonyl (C=O) groups excluding carboxylic acids is 1. The number of benzene rings is 1. The summed E-state index contributed by atoms with van der Waals surface area (Å²) in [5.74, 6) is 0.0384. The van der Waals surface area contributed by atoms with E-state index in [0.717, 1.165) is 5.56 Å². The van der Waals surface area contributed by atoms with Crippen LogP contribution in [0.25, 0.3) is 0 Å². The number of amides is 1. The van der Waals surface area contributed by atoms with Crippen LogP contribution >= 0.6 is 15.9 Å². The SMILES string of the molecule is Cc1cccc(C(C)NC(=O)C(Br)C(C)(C)C)c1. The Labute approximate surface area is 118 Å². The third kappa shape index (κ3) is 4.13. The minimum Gasteiger partial charge on any atom is -0.349 e. The summed E-state index contributed by atoms with van der Waals surface area (Å²) in [7, 11) is 0. The van der Waals surface area contributed by atoms with Crippen molar-refractivity contribution in [2.45, 2.75) is 45.5 Å². The Morgan fingerprint density at radius 2 is 1.94 bits per heavy atom. The number of aryl methyl sites for hydroxylation is 1. The normalized spacial score (nSPS) is 15.0. The van der Waals surface area contributed by atoms with Gasteiger partial charge in [0.25, 0.3) is 0 Å². The van der Waals surface area contributed by atoms with Crippen molar-refractivity contribution in [3.63, 3.8) is 0 Å². The third-order valence-corrected chi connectivity index (χ3v) is 4.68. The van der Waals surface area contributed by atoms with E-state index in [4.69, 9.17) is 0 Å². The quantitative estimate of drug-likeness (QED) is 0.840. The van der Waals surface area contributed by atoms with Gasteiger partial charge in [-0.2, -0.15) is 0 Å². The second-order valence-electron chi connectivity index (χ2n) is 5.87. The summed E-state index contributed by atoms with van der Waals surface area (Å²) in [5.41, 5.74) is 2.26. The largest absolute Gasteiger partial charge is 0.349 e. The van der Waals surface area contributed by atoms with Gasteiger partial charge in [0, 0.05) is 0 Å². The minimum atomic E-state index is -0.183. The molecule has 0 radical (unpaired) electrons. The molecule has 1 aromatic rings. The number of hydrogen-bond acceptors (Lipinski definition) is 1. The van der Waals surface area contributed by atoms with E-state index in [1.807, 2.05) is 39.8 Å². The van der Waals surface area contributed by atoms with Crippen molar-refractivity contribution in [3.05, 3.63) is 35.4 Å². The smallest absolute Gasteiger partial charge is 0.234 e.